The number of nitrogens with two attached hydrogens (primary N) is 1. The highest BCUT2D eigenvalue weighted by atomic mass is 19.1. The SMILES string of the molecule is Cc1cncc(Nc2ccc(F)c(N)c2C(=O)O)c1. The zero-order chi connectivity index (χ0) is 14.0. The number of pyridine rings is 1. The maximum Gasteiger partial charge on any atom is 0.340 e. The number of nitrogen functional groups attached to an aromatic ring is 1. The number of aromatic carboxylic acids is 1. The molecule has 1 aromatic carbocycles. The van der Waals surface area contributed by atoms with E-state index in [0.717, 1.165) is 11.6 Å². The number of benzene rings is 1. The van der Waals surface area contributed by atoms with Crippen LogP contribution in [-0.2, 0) is 0 Å². The van der Waals surface area contributed by atoms with E-state index >= 15 is 0 Å². The van der Waals surface area contributed by atoms with Gasteiger partial charge in [0, 0.05) is 6.20 Å². The predicted molar refractivity (Wildman–Crippen MR) is 70.0 cm³/mol. The summed E-state index contributed by atoms with van der Waals surface area (Å²) in [4.78, 5) is 15.1. The van der Waals surface area contributed by atoms with Crippen LogP contribution < -0.4 is 11.1 Å². The second kappa shape index (κ2) is 4.93. The molecule has 4 N–H and O–H groups in total. The molecule has 1 aromatic heterocycles. The monoisotopic (exact) mass is 261 g/mol. The molecule has 0 aliphatic rings. The molecule has 0 radical (unpaired) electrons. The molecule has 0 saturated carbocycles. The van der Waals surface area contributed by atoms with Gasteiger partial charge in [-0.15, -0.1) is 0 Å². The lowest BCUT2D eigenvalue weighted by Gasteiger charge is -2.12. The average Bonchev–Trinajstić information content (AvgIpc) is 2.33. The number of nitrogens with one attached hydrogen (secondary N) is 1. The van der Waals surface area contributed by atoms with E-state index in [9.17, 15) is 9.18 Å². The van der Waals surface area contributed by atoms with Crippen molar-refractivity contribution in [1.29, 1.82) is 0 Å². The minimum Gasteiger partial charge on any atom is -0.478 e. The molecule has 0 aliphatic heterocycles. The quantitative estimate of drug-likeness (QED) is 0.739. The minimum absolute atomic E-state index is 0.221. The zero-order valence-corrected chi connectivity index (χ0v) is 10.1. The number of carboxylic acids is 1. The highest BCUT2D eigenvalue weighted by molar-refractivity contribution is 6.00. The number of hydrogen-bond acceptors (Lipinski definition) is 4. The second-order valence-electron chi connectivity index (χ2n) is 4.06. The van der Waals surface area contributed by atoms with E-state index in [0.29, 0.717) is 5.69 Å². The van der Waals surface area contributed by atoms with E-state index in [1.54, 1.807) is 12.3 Å². The summed E-state index contributed by atoms with van der Waals surface area (Å²) in [5.74, 6) is -2.05. The molecule has 0 saturated heterocycles. The van der Waals surface area contributed by atoms with Crippen molar-refractivity contribution in [3.05, 3.63) is 47.5 Å². The highest BCUT2D eigenvalue weighted by Crippen LogP contribution is 2.27. The lowest BCUT2D eigenvalue weighted by Crippen LogP contribution is -2.08. The van der Waals surface area contributed by atoms with Gasteiger partial charge in [-0.2, -0.15) is 0 Å². The summed E-state index contributed by atoms with van der Waals surface area (Å²) in [6.45, 7) is 1.86. The average molecular weight is 261 g/mol. The van der Waals surface area contributed by atoms with E-state index in [-0.39, 0.29) is 11.3 Å². The molecule has 0 bridgehead atoms. The Morgan fingerprint density at radius 2 is 2.16 bits per heavy atom. The van der Waals surface area contributed by atoms with Crippen LogP contribution in [0.5, 0.6) is 0 Å². The first-order chi connectivity index (χ1) is 8.99. The summed E-state index contributed by atoms with van der Waals surface area (Å²) >= 11 is 0. The van der Waals surface area contributed by atoms with Crippen LogP contribution in [0.1, 0.15) is 15.9 Å². The van der Waals surface area contributed by atoms with E-state index in [2.05, 4.69) is 10.3 Å². The number of aromatic nitrogens is 1. The van der Waals surface area contributed by atoms with Crippen molar-refractivity contribution in [2.75, 3.05) is 11.1 Å². The Kier molecular flexibility index (Phi) is 3.33. The van der Waals surface area contributed by atoms with Crippen LogP contribution >= 0.6 is 0 Å². The first-order valence-corrected chi connectivity index (χ1v) is 5.49. The van der Waals surface area contributed by atoms with Gasteiger partial charge in [0.1, 0.15) is 11.4 Å². The number of anilines is 3. The van der Waals surface area contributed by atoms with Gasteiger partial charge >= 0.3 is 5.97 Å². The van der Waals surface area contributed by atoms with E-state index in [1.165, 1.54) is 12.3 Å². The van der Waals surface area contributed by atoms with Crippen LogP contribution in [0.2, 0.25) is 0 Å². The Balaban J connectivity index is 2.46. The zero-order valence-electron chi connectivity index (χ0n) is 10.1. The topological polar surface area (TPSA) is 88.2 Å². The number of carbonyl (C=O) groups is 1. The van der Waals surface area contributed by atoms with Crippen molar-refractivity contribution in [2.45, 2.75) is 6.92 Å². The molecule has 2 aromatic rings. The molecule has 0 amide bonds. The Morgan fingerprint density at radius 3 is 2.79 bits per heavy atom. The van der Waals surface area contributed by atoms with Crippen molar-refractivity contribution in [3.63, 3.8) is 0 Å². The Morgan fingerprint density at radius 1 is 1.42 bits per heavy atom. The van der Waals surface area contributed by atoms with Gasteiger partial charge in [-0.3, -0.25) is 4.98 Å². The van der Waals surface area contributed by atoms with Gasteiger partial charge in [0.15, 0.2) is 0 Å². The third-order valence-corrected chi connectivity index (χ3v) is 2.56. The smallest absolute Gasteiger partial charge is 0.340 e. The summed E-state index contributed by atoms with van der Waals surface area (Å²) in [5.41, 5.74) is 6.52. The third kappa shape index (κ3) is 2.62. The molecule has 0 aliphatic carbocycles. The van der Waals surface area contributed by atoms with Crippen molar-refractivity contribution < 1.29 is 14.3 Å². The summed E-state index contributed by atoms with van der Waals surface area (Å²) in [5, 5.41) is 12.0. The van der Waals surface area contributed by atoms with Gasteiger partial charge in [0.2, 0.25) is 0 Å². The molecule has 6 heteroatoms. The molecular formula is C13H12FN3O2. The number of hydrogen-bond donors (Lipinski definition) is 3. The van der Waals surface area contributed by atoms with Crippen molar-refractivity contribution >= 4 is 23.0 Å². The van der Waals surface area contributed by atoms with Crippen LogP contribution in [0.25, 0.3) is 0 Å². The first kappa shape index (κ1) is 12.8. The third-order valence-electron chi connectivity index (χ3n) is 2.56. The van der Waals surface area contributed by atoms with Gasteiger partial charge in [-0.1, -0.05) is 0 Å². The summed E-state index contributed by atoms with van der Waals surface area (Å²) in [6.07, 6.45) is 3.21. The molecule has 1 heterocycles. The van der Waals surface area contributed by atoms with Crippen LogP contribution in [0.3, 0.4) is 0 Å². The van der Waals surface area contributed by atoms with Gasteiger partial charge in [0.25, 0.3) is 0 Å². The molecule has 0 atom stereocenters. The molecule has 98 valence electrons. The van der Waals surface area contributed by atoms with Gasteiger partial charge in [-0.25, -0.2) is 9.18 Å². The fraction of sp³-hybridized carbons (Fsp3) is 0.0769. The van der Waals surface area contributed by atoms with Gasteiger partial charge < -0.3 is 16.2 Å². The molecule has 2 rings (SSSR count). The number of halogens is 1. The summed E-state index contributed by atoms with van der Waals surface area (Å²) in [7, 11) is 0. The molecule has 19 heavy (non-hydrogen) atoms. The van der Waals surface area contributed by atoms with Crippen molar-refractivity contribution in [3.8, 4) is 0 Å². The normalized spacial score (nSPS) is 10.2. The molecule has 0 fully saturated rings. The lowest BCUT2D eigenvalue weighted by atomic mass is 10.1. The Hall–Kier alpha value is -2.63. The van der Waals surface area contributed by atoms with E-state index in [4.69, 9.17) is 10.8 Å². The first-order valence-electron chi connectivity index (χ1n) is 5.49. The molecular weight excluding hydrogens is 249 g/mol. The second-order valence-corrected chi connectivity index (χ2v) is 4.06. The maximum atomic E-state index is 13.3. The molecule has 0 spiro atoms. The Bertz CT molecular complexity index is 644. The summed E-state index contributed by atoms with van der Waals surface area (Å²) < 4.78 is 13.3. The van der Waals surface area contributed by atoms with Gasteiger partial charge in [-0.05, 0) is 30.7 Å². The molecule has 5 nitrogen and oxygen atoms in total. The fourth-order valence-electron chi connectivity index (χ4n) is 1.71. The largest absolute Gasteiger partial charge is 0.478 e. The number of nitrogens with zero attached hydrogens (tertiary/aromatic N) is 1. The fourth-order valence-corrected chi connectivity index (χ4v) is 1.71. The number of aryl methyl sites for hydroxylation is 1. The Labute approximate surface area is 108 Å². The van der Waals surface area contributed by atoms with Crippen LogP contribution in [0.4, 0.5) is 21.5 Å². The van der Waals surface area contributed by atoms with Gasteiger partial charge in [0.05, 0.1) is 23.3 Å². The lowest BCUT2D eigenvalue weighted by molar-refractivity contribution is 0.0698. The maximum absolute atomic E-state index is 13.3. The van der Waals surface area contributed by atoms with E-state index < -0.39 is 17.5 Å². The van der Waals surface area contributed by atoms with E-state index in [1.807, 2.05) is 6.92 Å². The van der Waals surface area contributed by atoms with Crippen LogP contribution in [0.15, 0.2) is 30.6 Å². The van der Waals surface area contributed by atoms with Crippen LogP contribution in [0, 0.1) is 12.7 Å². The predicted octanol–water partition coefficient (Wildman–Crippen LogP) is 2.55. The molecule has 0 unspecified atom stereocenters. The number of rotatable bonds is 3. The minimum atomic E-state index is -1.29. The number of carboxylic acid groups (broad SMARTS) is 1. The van der Waals surface area contributed by atoms with Crippen LogP contribution in [-0.4, -0.2) is 16.1 Å². The highest BCUT2D eigenvalue weighted by Gasteiger charge is 2.17. The van der Waals surface area contributed by atoms with Crippen molar-refractivity contribution in [2.24, 2.45) is 0 Å². The summed E-state index contributed by atoms with van der Waals surface area (Å²) in [6, 6.07) is 4.24. The van der Waals surface area contributed by atoms with Crippen molar-refractivity contribution in [1.82, 2.24) is 4.98 Å². The standard InChI is InChI=1S/C13H12FN3O2/c1-7-4-8(6-16-5-7)17-10-3-2-9(14)12(15)11(10)13(18)19/h2-6,17H,15H2,1H3,(H,18,19).